The van der Waals surface area contributed by atoms with Crippen LogP contribution >= 0.6 is 0 Å². The highest BCUT2D eigenvalue weighted by Crippen LogP contribution is 2.18. The summed E-state index contributed by atoms with van der Waals surface area (Å²) in [5.41, 5.74) is -0.633. The second-order valence-corrected chi connectivity index (χ2v) is 3.83. The van der Waals surface area contributed by atoms with E-state index < -0.39 is 5.54 Å². The van der Waals surface area contributed by atoms with E-state index in [1.807, 2.05) is 26.0 Å². The van der Waals surface area contributed by atoms with E-state index in [4.69, 9.17) is 4.42 Å². The molecule has 0 fully saturated rings. The van der Waals surface area contributed by atoms with Crippen LogP contribution in [0.15, 0.2) is 22.8 Å². The minimum absolute atomic E-state index is 0.0285. The Kier molecular flexibility index (Phi) is 4.32. The number of hydrogen-bond acceptors (Lipinski definition) is 4. The molecule has 15 heavy (non-hydrogen) atoms. The average molecular weight is 213 g/mol. The Morgan fingerprint density at radius 2 is 2.13 bits per heavy atom. The second kappa shape index (κ2) is 5.30. The summed E-state index contributed by atoms with van der Waals surface area (Å²) in [5, 5.41) is 21.7. The number of furan rings is 1. The fraction of sp³-hybridized carbons (Fsp3) is 0.636. The van der Waals surface area contributed by atoms with Gasteiger partial charge in [0.1, 0.15) is 5.76 Å². The van der Waals surface area contributed by atoms with E-state index in [2.05, 4.69) is 5.32 Å². The van der Waals surface area contributed by atoms with Gasteiger partial charge in [0.25, 0.3) is 0 Å². The van der Waals surface area contributed by atoms with Crippen LogP contribution in [0.2, 0.25) is 0 Å². The molecule has 0 radical (unpaired) electrons. The average Bonchev–Trinajstić information content (AvgIpc) is 2.79. The highest BCUT2D eigenvalue weighted by Gasteiger charge is 2.28. The van der Waals surface area contributed by atoms with Crippen molar-refractivity contribution < 1.29 is 14.6 Å². The lowest BCUT2D eigenvalue weighted by Crippen LogP contribution is -2.52. The maximum atomic E-state index is 9.27. The SMILES string of the molecule is CCC(CO)(CO)NC(C)c1ccco1. The van der Waals surface area contributed by atoms with E-state index in [1.54, 1.807) is 6.26 Å². The molecule has 0 aliphatic heterocycles. The van der Waals surface area contributed by atoms with E-state index in [-0.39, 0.29) is 19.3 Å². The number of rotatable bonds is 6. The zero-order valence-electron chi connectivity index (χ0n) is 9.23. The summed E-state index contributed by atoms with van der Waals surface area (Å²) in [5.74, 6) is 0.801. The molecule has 1 rings (SSSR count). The van der Waals surface area contributed by atoms with Gasteiger partial charge in [-0.15, -0.1) is 0 Å². The first-order valence-electron chi connectivity index (χ1n) is 5.20. The maximum absolute atomic E-state index is 9.27. The van der Waals surface area contributed by atoms with Crippen molar-refractivity contribution in [3.63, 3.8) is 0 Å². The summed E-state index contributed by atoms with van der Waals surface area (Å²) in [6, 6.07) is 3.66. The summed E-state index contributed by atoms with van der Waals surface area (Å²) < 4.78 is 5.25. The lowest BCUT2D eigenvalue weighted by Gasteiger charge is -2.32. The van der Waals surface area contributed by atoms with Gasteiger partial charge in [-0.25, -0.2) is 0 Å². The van der Waals surface area contributed by atoms with Crippen LogP contribution in [0, 0.1) is 0 Å². The molecule has 0 aromatic carbocycles. The fourth-order valence-electron chi connectivity index (χ4n) is 1.54. The second-order valence-electron chi connectivity index (χ2n) is 3.83. The Balaban J connectivity index is 2.66. The largest absolute Gasteiger partial charge is 0.468 e. The van der Waals surface area contributed by atoms with E-state index in [0.29, 0.717) is 6.42 Å². The standard InChI is InChI=1S/C11H19NO3/c1-3-11(7-13,8-14)12-9(2)10-5-4-6-15-10/h4-6,9,12-14H,3,7-8H2,1-2H3. The monoisotopic (exact) mass is 213 g/mol. The van der Waals surface area contributed by atoms with Gasteiger partial charge in [0.2, 0.25) is 0 Å². The van der Waals surface area contributed by atoms with E-state index >= 15 is 0 Å². The zero-order valence-corrected chi connectivity index (χ0v) is 9.23. The van der Waals surface area contributed by atoms with Crippen LogP contribution in [0.1, 0.15) is 32.1 Å². The molecule has 0 amide bonds. The van der Waals surface area contributed by atoms with Crippen molar-refractivity contribution in [2.75, 3.05) is 13.2 Å². The van der Waals surface area contributed by atoms with Gasteiger partial charge in [-0.2, -0.15) is 0 Å². The third-order valence-corrected chi connectivity index (χ3v) is 2.77. The van der Waals surface area contributed by atoms with Crippen molar-refractivity contribution in [2.45, 2.75) is 31.8 Å². The first-order chi connectivity index (χ1) is 7.17. The Bertz CT molecular complexity index is 259. The molecule has 0 saturated heterocycles. The van der Waals surface area contributed by atoms with Gasteiger partial charge >= 0.3 is 0 Å². The van der Waals surface area contributed by atoms with Gasteiger partial charge in [-0.1, -0.05) is 6.92 Å². The molecule has 0 saturated carbocycles. The van der Waals surface area contributed by atoms with Crippen LogP contribution in [0.3, 0.4) is 0 Å². The molecule has 1 aromatic heterocycles. The van der Waals surface area contributed by atoms with Gasteiger partial charge in [0, 0.05) is 0 Å². The topological polar surface area (TPSA) is 65.6 Å². The van der Waals surface area contributed by atoms with Gasteiger partial charge in [-0.3, -0.25) is 5.32 Å². The minimum atomic E-state index is -0.633. The zero-order chi connectivity index (χ0) is 11.3. The van der Waals surface area contributed by atoms with Crippen LogP contribution < -0.4 is 5.32 Å². The molecule has 0 bridgehead atoms. The van der Waals surface area contributed by atoms with Crippen LogP contribution in [0.4, 0.5) is 0 Å². The van der Waals surface area contributed by atoms with Crippen LogP contribution in [0.25, 0.3) is 0 Å². The third-order valence-electron chi connectivity index (χ3n) is 2.77. The first kappa shape index (κ1) is 12.2. The molecular formula is C11H19NO3. The maximum Gasteiger partial charge on any atom is 0.120 e. The van der Waals surface area contributed by atoms with E-state index in [9.17, 15) is 10.2 Å². The highest BCUT2D eigenvalue weighted by molar-refractivity contribution is 5.05. The van der Waals surface area contributed by atoms with Crippen LogP contribution in [0.5, 0.6) is 0 Å². The highest BCUT2D eigenvalue weighted by atomic mass is 16.3. The quantitative estimate of drug-likeness (QED) is 0.661. The lowest BCUT2D eigenvalue weighted by molar-refractivity contribution is 0.0769. The summed E-state index contributed by atoms with van der Waals surface area (Å²) in [6.07, 6.45) is 2.27. The molecule has 0 aliphatic carbocycles. The Labute approximate surface area is 89.9 Å². The summed E-state index contributed by atoms with van der Waals surface area (Å²) in [4.78, 5) is 0. The van der Waals surface area contributed by atoms with Gasteiger partial charge < -0.3 is 14.6 Å². The van der Waals surface area contributed by atoms with Crippen molar-refractivity contribution in [3.05, 3.63) is 24.2 Å². The van der Waals surface area contributed by atoms with E-state index in [0.717, 1.165) is 5.76 Å². The molecule has 3 N–H and O–H groups in total. The van der Waals surface area contributed by atoms with Gasteiger partial charge in [0.15, 0.2) is 0 Å². The molecule has 1 aromatic rings. The Hall–Kier alpha value is -0.840. The summed E-state index contributed by atoms with van der Waals surface area (Å²) in [7, 11) is 0. The summed E-state index contributed by atoms with van der Waals surface area (Å²) >= 11 is 0. The normalized spacial score (nSPS) is 14.1. The fourth-order valence-corrected chi connectivity index (χ4v) is 1.54. The lowest BCUT2D eigenvalue weighted by atomic mass is 9.97. The Morgan fingerprint density at radius 1 is 1.47 bits per heavy atom. The molecule has 1 unspecified atom stereocenters. The Morgan fingerprint density at radius 3 is 2.53 bits per heavy atom. The number of aliphatic hydroxyl groups excluding tert-OH is 2. The van der Waals surface area contributed by atoms with Gasteiger partial charge in [0.05, 0.1) is 31.1 Å². The van der Waals surface area contributed by atoms with Crippen molar-refractivity contribution in [1.82, 2.24) is 5.32 Å². The predicted octanol–water partition coefficient (Wildman–Crippen LogP) is 1.06. The third kappa shape index (κ3) is 2.81. The first-order valence-corrected chi connectivity index (χ1v) is 5.20. The molecule has 0 aliphatic rings. The van der Waals surface area contributed by atoms with Crippen molar-refractivity contribution in [3.8, 4) is 0 Å². The van der Waals surface area contributed by atoms with Crippen molar-refractivity contribution >= 4 is 0 Å². The molecule has 0 spiro atoms. The predicted molar refractivity (Wildman–Crippen MR) is 57.5 cm³/mol. The van der Waals surface area contributed by atoms with Crippen molar-refractivity contribution in [1.29, 1.82) is 0 Å². The molecule has 1 atom stereocenters. The minimum Gasteiger partial charge on any atom is -0.468 e. The number of hydrogen-bond donors (Lipinski definition) is 3. The summed E-state index contributed by atoms with van der Waals surface area (Å²) in [6.45, 7) is 3.68. The molecule has 1 heterocycles. The molecule has 4 nitrogen and oxygen atoms in total. The molecule has 4 heteroatoms. The van der Waals surface area contributed by atoms with Crippen LogP contribution in [-0.4, -0.2) is 29.0 Å². The van der Waals surface area contributed by atoms with Gasteiger partial charge in [-0.05, 0) is 25.5 Å². The smallest absolute Gasteiger partial charge is 0.120 e. The number of aliphatic hydroxyl groups is 2. The molecule has 86 valence electrons. The van der Waals surface area contributed by atoms with Crippen molar-refractivity contribution in [2.24, 2.45) is 0 Å². The number of nitrogens with one attached hydrogen (secondary N) is 1. The van der Waals surface area contributed by atoms with Crippen LogP contribution in [-0.2, 0) is 0 Å². The van der Waals surface area contributed by atoms with E-state index in [1.165, 1.54) is 0 Å². The molecular weight excluding hydrogens is 194 g/mol.